The van der Waals surface area contributed by atoms with E-state index in [1.807, 2.05) is 0 Å². The topological polar surface area (TPSA) is 55.6 Å². The quantitative estimate of drug-likeness (QED) is 0.682. The summed E-state index contributed by atoms with van der Waals surface area (Å²) in [4.78, 5) is 11.4. The number of nitrogens with one attached hydrogen (secondary N) is 1. The first-order valence-corrected chi connectivity index (χ1v) is 8.19. The van der Waals surface area contributed by atoms with Crippen molar-refractivity contribution < 1.29 is 17.6 Å². The summed E-state index contributed by atoms with van der Waals surface area (Å²) >= 11 is 6.01. The van der Waals surface area contributed by atoms with Crippen LogP contribution in [-0.2, 0) is 12.7 Å². The van der Waals surface area contributed by atoms with Crippen molar-refractivity contribution in [3.8, 4) is 0 Å². The predicted molar refractivity (Wildman–Crippen MR) is 87.5 cm³/mol. The Labute approximate surface area is 150 Å². The number of rotatable bonds is 4. The fraction of sp³-hybridized carbons (Fsp3) is 0.312. The molecule has 1 aliphatic carbocycles. The molecule has 3 aromatic rings. The van der Waals surface area contributed by atoms with Crippen molar-refractivity contribution in [1.29, 1.82) is 0 Å². The van der Waals surface area contributed by atoms with Crippen LogP contribution in [0, 0.1) is 5.82 Å². The van der Waals surface area contributed by atoms with E-state index in [4.69, 9.17) is 11.6 Å². The highest BCUT2D eigenvalue weighted by atomic mass is 35.5. The van der Waals surface area contributed by atoms with Gasteiger partial charge in [-0.15, -0.1) is 0 Å². The van der Waals surface area contributed by atoms with E-state index < -0.39 is 17.8 Å². The molecule has 2 heterocycles. The zero-order chi connectivity index (χ0) is 18.5. The number of nitrogens with zero attached hydrogens (tertiary/aromatic N) is 4. The number of halogens is 5. The van der Waals surface area contributed by atoms with Crippen molar-refractivity contribution in [2.24, 2.45) is 0 Å². The summed E-state index contributed by atoms with van der Waals surface area (Å²) in [6, 6.07) is 3.95. The van der Waals surface area contributed by atoms with E-state index in [1.54, 1.807) is 0 Å². The minimum absolute atomic E-state index is 0.0378. The van der Waals surface area contributed by atoms with Gasteiger partial charge in [-0.1, -0.05) is 17.7 Å². The molecule has 26 heavy (non-hydrogen) atoms. The standard InChI is InChI=1S/C16H12ClF4N5/c17-11-5-9(18)2-1-8(11)6-26-7-22-12-13(23-10-3-4-10)24-15(16(19,20)21)25-14(12)26/h1-2,5,7,10H,3-4,6H2,(H,23,24,25). The van der Waals surface area contributed by atoms with Crippen LogP contribution in [0.25, 0.3) is 11.2 Å². The van der Waals surface area contributed by atoms with Crippen molar-refractivity contribution >= 4 is 28.6 Å². The maximum Gasteiger partial charge on any atom is 0.451 e. The summed E-state index contributed by atoms with van der Waals surface area (Å²) in [6.07, 6.45) is -1.56. The summed E-state index contributed by atoms with van der Waals surface area (Å²) < 4.78 is 54.2. The van der Waals surface area contributed by atoms with Crippen LogP contribution in [0.1, 0.15) is 24.2 Å². The Morgan fingerprint density at radius 2 is 2.00 bits per heavy atom. The monoisotopic (exact) mass is 385 g/mol. The summed E-state index contributed by atoms with van der Waals surface area (Å²) in [5, 5.41) is 3.14. The van der Waals surface area contributed by atoms with Crippen LogP contribution in [0.15, 0.2) is 24.5 Å². The van der Waals surface area contributed by atoms with Crippen LogP contribution in [0.3, 0.4) is 0 Å². The molecule has 4 rings (SSSR count). The van der Waals surface area contributed by atoms with Gasteiger partial charge in [0.25, 0.3) is 0 Å². The number of imidazole rings is 1. The largest absolute Gasteiger partial charge is 0.451 e. The van der Waals surface area contributed by atoms with Gasteiger partial charge in [0.05, 0.1) is 12.9 Å². The molecule has 0 radical (unpaired) electrons. The Kier molecular flexibility index (Phi) is 3.98. The molecule has 0 unspecified atom stereocenters. The van der Waals surface area contributed by atoms with Gasteiger partial charge in [-0.3, -0.25) is 0 Å². The van der Waals surface area contributed by atoms with Crippen molar-refractivity contribution in [2.75, 3.05) is 5.32 Å². The molecule has 0 saturated heterocycles. The van der Waals surface area contributed by atoms with Crippen LogP contribution < -0.4 is 5.32 Å². The zero-order valence-electron chi connectivity index (χ0n) is 13.2. The third-order valence-corrected chi connectivity index (χ3v) is 4.34. The molecule has 0 aliphatic heterocycles. The number of anilines is 1. The van der Waals surface area contributed by atoms with Crippen LogP contribution in [0.2, 0.25) is 5.02 Å². The van der Waals surface area contributed by atoms with Gasteiger partial charge in [-0.25, -0.2) is 19.3 Å². The van der Waals surface area contributed by atoms with E-state index >= 15 is 0 Å². The lowest BCUT2D eigenvalue weighted by atomic mass is 10.2. The molecule has 0 amide bonds. The average molecular weight is 386 g/mol. The van der Waals surface area contributed by atoms with Crippen LogP contribution in [0.4, 0.5) is 23.4 Å². The van der Waals surface area contributed by atoms with Gasteiger partial charge in [0, 0.05) is 11.1 Å². The molecule has 1 aromatic carbocycles. The lowest BCUT2D eigenvalue weighted by molar-refractivity contribution is -0.144. The number of hydrogen-bond donors (Lipinski definition) is 1. The molecule has 10 heteroatoms. The predicted octanol–water partition coefficient (Wildman–Crippen LogP) is 4.26. The normalized spacial score (nSPS) is 14.8. The number of benzene rings is 1. The van der Waals surface area contributed by atoms with Crippen molar-refractivity contribution in [3.63, 3.8) is 0 Å². The van der Waals surface area contributed by atoms with Gasteiger partial charge in [0.2, 0.25) is 5.82 Å². The lowest BCUT2D eigenvalue weighted by Gasteiger charge is -2.11. The summed E-state index contributed by atoms with van der Waals surface area (Å²) in [5.41, 5.74) is 0.829. The van der Waals surface area contributed by atoms with E-state index in [9.17, 15) is 17.6 Å². The molecular weight excluding hydrogens is 374 g/mol. The zero-order valence-corrected chi connectivity index (χ0v) is 13.9. The van der Waals surface area contributed by atoms with Gasteiger partial charge in [-0.05, 0) is 30.5 Å². The van der Waals surface area contributed by atoms with Gasteiger partial charge in [0.1, 0.15) is 11.3 Å². The van der Waals surface area contributed by atoms with Gasteiger partial charge in [0.15, 0.2) is 11.5 Å². The second-order valence-electron chi connectivity index (χ2n) is 6.09. The third-order valence-electron chi connectivity index (χ3n) is 3.99. The van der Waals surface area contributed by atoms with E-state index in [2.05, 4.69) is 20.3 Å². The molecule has 5 nitrogen and oxygen atoms in total. The Bertz CT molecular complexity index is 981. The van der Waals surface area contributed by atoms with Gasteiger partial charge >= 0.3 is 6.18 Å². The highest BCUT2D eigenvalue weighted by Crippen LogP contribution is 2.32. The smallest absolute Gasteiger partial charge is 0.365 e. The molecule has 1 aliphatic rings. The summed E-state index contributed by atoms with van der Waals surface area (Å²) in [5.74, 6) is -1.67. The molecule has 0 atom stereocenters. The second-order valence-corrected chi connectivity index (χ2v) is 6.50. The number of alkyl halides is 3. The lowest BCUT2D eigenvalue weighted by Crippen LogP contribution is -2.15. The average Bonchev–Trinajstić information content (AvgIpc) is 3.28. The molecule has 136 valence electrons. The fourth-order valence-electron chi connectivity index (χ4n) is 2.54. The highest BCUT2D eigenvalue weighted by molar-refractivity contribution is 6.31. The molecule has 1 fully saturated rings. The second kappa shape index (κ2) is 6.08. The maximum atomic E-state index is 13.2. The van der Waals surface area contributed by atoms with E-state index in [-0.39, 0.29) is 34.6 Å². The van der Waals surface area contributed by atoms with Crippen LogP contribution in [0.5, 0.6) is 0 Å². The molecule has 1 saturated carbocycles. The Hall–Kier alpha value is -2.42. The SMILES string of the molecule is Fc1ccc(Cn2cnc3c(NC4CC4)nc(C(F)(F)F)nc32)c(Cl)c1. The number of aromatic nitrogens is 4. The molecule has 1 N–H and O–H groups in total. The van der Waals surface area contributed by atoms with E-state index in [1.165, 1.54) is 23.0 Å². The maximum absolute atomic E-state index is 13.2. The fourth-order valence-corrected chi connectivity index (χ4v) is 2.77. The first kappa shape index (κ1) is 17.0. The number of hydrogen-bond acceptors (Lipinski definition) is 4. The van der Waals surface area contributed by atoms with Crippen LogP contribution in [-0.4, -0.2) is 25.6 Å². The molecule has 0 bridgehead atoms. The Morgan fingerprint density at radius 1 is 1.23 bits per heavy atom. The van der Waals surface area contributed by atoms with Gasteiger partial charge in [-0.2, -0.15) is 13.2 Å². The third kappa shape index (κ3) is 3.31. The van der Waals surface area contributed by atoms with Crippen molar-refractivity contribution in [3.05, 3.63) is 46.8 Å². The molecular formula is C16H12ClF4N5. The minimum atomic E-state index is -4.68. The highest BCUT2D eigenvalue weighted by Gasteiger charge is 2.37. The van der Waals surface area contributed by atoms with Gasteiger partial charge < -0.3 is 9.88 Å². The minimum Gasteiger partial charge on any atom is -0.365 e. The summed E-state index contributed by atoms with van der Waals surface area (Å²) in [6.45, 7) is 0.104. The van der Waals surface area contributed by atoms with Crippen molar-refractivity contribution in [1.82, 2.24) is 19.5 Å². The number of fused-ring (bicyclic) bond motifs is 1. The Morgan fingerprint density at radius 3 is 2.65 bits per heavy atom. The molecule has 2 aromatic heterocycles. The van der Waals surface area contributed by atoms with Crippen molar-refractivity contribution in [2.45, 2.75) is 31.6 Å². The Balaban J connectivity index is 1.80. The first-order valence-electron chi connectivity index (χ1n) is 7.82. The van der Waals surface area contributed by atoms with E-state index in [0.29, 0.717) is 5.56 Å². The van der Waals surface area contributed by atoms with Crippen LogP contribution >= 0.6 is 11.6 Å². The van der Waals surface area contributed by atoms with E-state index in [0.717, 1.165) is 18.9 Å². The summed E-state index contributed by atoms with van der Waals surface area (Å²) in [7, 11) is 0. The first-order chi connectivity index (χ1) is 12.3. The molecule has 0 spiro atoms.